The van der Waals surface area contributed by atoms with E-state index >= 15 is 0 Å². The second-order valence-electron chi connectivity index (χ2n) is 12.5. The topological polar surface area (TPSA) is 81.8 Å². The summed E-state index contributed by atoms with van der Waals surface area (Å²) in [7, 11) is 4.00. The molecule has 2 aromatic carbocycles. The molecule has 0 aliphatic heterocycles. The van der Waals surface area contributed by atoms with Gasteiger partial charge < -0.3 is 14.5 Å². The molecule has 3 aromatic heterocycles. The molecule has 1 amide bonds. The van der Waals surface area contributed by atoms with E-state index in [-0.39, 0.29) is 17.5 Å². The minimum atomic E-state index is -0.554. The summed E-state index contributed by atoms with van der Waals surface area (Å²) in [5.74, 6) is 0.763. The molecule has 0 unspecified atom stereocenters. The molecule has 0 saturated heterocycles. The highest BCUT2D eigenvalue weighted by molar-refractivity contribution is 6.01. The van der Waals surface area contributed by atoms with Crippen LogP contribution in [-0.4, -0.2) is 30.8 Å². The number of fused-ring (bicyclic) bond motifs is 2. The molecule has 3 heterocycles. The van der Waals surface area contributed by atoms with Crippen molar-refractivity contribution in [3.63, 3.8) is 0 Å². The number of hydrogen-bond donors (Lipinski definition) is 1. The van der Waals surface area contributed by atoms with E-state index in [0.29, 0.717) is 11.5 Å². The van der Waals surface area contributed by atoms with Crippen LogP contribution in [0.15, 0.2) is 60.8 Å². The average Bonchev–Trinajstić information content (AvgIpc) is 3.71. The molecule has 2 saturated carbocycles. The lowest BCUT2D eigenvalue weighted by Gasteiger charge is -2.41. The van der Waals surface area contributed by atoms with Crippen molar-refractivity contribution < 1.29 is 14.0 Å². The van der Waals surface area contributed by atoms with Gasteiger partial charge in [-0.1, -0.05) is 31.1 Å². The van der Waals surface area contributed by atoms with Crippen LogP contribution in [0.2, 0.25) is 0 Å². The highest BCUT2D eigenvalue weighted by Crippen LogP contribution is 2.45. The molecule has 2 aliphatic rings. The number of carbonyl (C=O) groups excluding carboxylic acids is 2. The van der Waals surface area contributed by atoms with Crippen LogP contribution in [0.25, 0.3) is 39.4 Å². The lowest BCUT2D eigenvalue weighted by Crippen LogP contribution is -2.52. The van der Waals surface area contributed by atoms with Crippen molar-refractivity contribution >= 4 is 39.7 Å². The molecule has 44 heavy (non-hydrogen) atoms. The number of allylic oxidation sites excluding steroid dienone is 1. The third kappa shape index (κ3) is 4.73. The highest BCUT2D eigenvalue weighted by Gasteiger charge is 2.44. The number of nitrogens with zero attached hydrogens (tertiary/aromatic N) is 4. The summed E-state index contributed by atoms with van der Waals surface area (Å²) in [6.07, 6.45) is 11.9. The maximum Gasteiger partial charge on any atom is 0.252 e. The third-order valence-corrected chi connectivity index (χ3v) is 9.64. The fraction of sp³-hybridized carbons (Fsp3) is 0.333. The standard InChI is InChI=1S/C36H36FN5O2/c1-22(43)9-10-23-11-15-28-31(19-23)42(3)35(39-28)36(17-6-18-36)40-34(44)25-12-14-27-30(20-25)41(2)33(29-16-13-26(37)21-38-29)32(27)24-7-4-5-8-24/h9-16,19-21,24H,4-8,17-18H2,1-3H3,(H,40,44)/b10-9+. The predicted octanol–water partition coefficient (Wildman–Crippen LogP) is 7.34. The van der Waals surface area contributed by atoms with Crippen LogP contribution in [0.3, 0.4) is 0 Å². The Labute approximate surface area is 255 Å². The molecule has 0 atom stereocenters. The molecule has 0 spiro atoms. The van der Waals surface area contributed by atoms with Crippen molar-refractivity contribution in [3.8, 4) is 11.4 Å². The summed E-state index contributed by atoms with van der Waals surface area (Å²) in [6, 6.07) is 15.1. The van der Waals surface area contributed by atoms with Gasteiger partial charge in [-0.25, -0.2) is 9.37 Å². The van der Waals surface area contributed by atoms with Crippen molar-refractivity contribution in [2.45, 2.75) is 63.3 Å². The first-order chi connectivity index (χ1) is 21.2. The van der Waals surface area contributed by atoms with Gasteiger partial charge in [-0.3, -0.25) is 14.6 Å². The largest absolute Gasteiger partial charge is 0.342 e. The Hall–Kier alpha value is -4.59. The Morgan fingerprint density at radius 3 is 2.45 bits per heavy atom. The zero-order valence-corrected chi connectivity index (χ0v) is 25.4. The summed E-state index contributed by atoms with van der Waals surface area (Å²) in [4.78, 5) is 34.8. The van der Waals surface area contributed by atoms with E-state index in [1.54, 1.807) is 12.1 Å². The summed E-state index contributed by atoms with van der Waals surface area (Å²) in [5, 5.41) is 4.50. The fourth-order valence-electron chi connectivity index (χ4n) is 7.24. The molecule has 2 aliphatic carbocycles. The van der Waals surface area contributed by atoms with Crippen LogP contribution in [0, 0.1) is 5.82 Å². The van der Waals surface area contributed by atoms with Gasteiger partial charge in [0, 0.05) is 30.6 Å². The predicted molar refractivity (Wildman–Crippen MR) is 171 cm³/mol. The Morgan fingerprint density at radius 1 is 0.977 bits per heavy atom. The second-order valence-corrected chi connectivity index (χ2v) is 12.5. The number of benzene rings is 2. The maximum atomic E-state index is 13.9. The molecular formula is C36H36FN5O2. The summed E-state index contributed by atoms with van der Waals surface area (Å²) < 4.78 is 17.9. The number of ketones is 1. The molecule has 7 rings (SSSR count). The van der Waals surface area contributed by atoms with Crippen LogP contribution in [0.1, 0.15) is 85.1 Å². The summed E-state index contributed by atoms with van der Waals surface area (Å²) >= 11 is 0. The number of aromatic nitrogens is 4. The molecule has 2 fully saturated rings. The molecule has 8 heteroatoms. The lowest BCUT2D eigenvalue weighted by molar-refractivity contribution is -0.112. The number of rotatable bonds is 7. The van der Waals surface area contributed by atoms with Crippen LogP contribution >= 0.6 is 0 Å². The first-order valence-corrected chi connectivity index (χ1v) is 15.5. The van der Waals surface area contributed by atoms with Crippen LogP contribution in [0.5, 0.6) is 0 Å². The number of carbonyl (C=O) groups is 2. The SMILES string of the molecule is CC(=O)/C=C/c1ccc2nc(C3(NC(=O)c4ccc5c(C6CCCC6)c(-c6ccc(F)cn6)n(C)c5c4)CCC3)n(C)c2c1. The third-order valence-electron chi connectivity index (χ3n) is 9.64. The minimum absolute atomic E-state index is 0.00133. The minimum Gasteiger partial charge on any atom is -0.342 e. The Morgan fingerprint density at radius 2 is 1.77 bits per heavy atom. The van der Waals surface area contributed by atoms with Crippen molar-refractivity contribution in [3.05, 3.63) is 89.1 Å². The van der Waals surface area contributed by atoms with Gasteiger partial charge in [0.05, 0.1) is 34.2 Å². The zero-order chi connectivity index (χ0) is 30.6. The van der Waals surface area contributed by atoms with Crippen molar-refractivity contribution in [1.82, 2.24) is 24.4 Å². The Kier molecular flexibility index (Phi) is 6.95. The second kappa shape index (κ2) is 10.8. The Balaban J connectivity index is 1.24. The number of pyridine rings is 1. The number of aryl methyl sites for hydroxylation is 2. The molecule has 224 valence electrons. The first kappa shape index (κ1) is 28.2. The van der Waals surface area contributed by atoms with Gasteiger partial charge in [-0.05, 0) is 98.5 Å². The maximum absolute atomic E-state index is 13.9. The average molecular weight is 590 g/mol. The van der Waals surface area contributed by atoms with E-state index in [0.717, 1.165) is 76.8 Å². The lowest BCUT2D eigenvalue weighted by atomic mass is 9.75. The fourth-order valence-corrected chi connectivity index (χ4v) is 7.24. The number of nitrogens with one attached hydrogen (secondary N) is 1. The summed E-state index contributed by atoms with van der Waals surface area (Å²) in [6.45, 7) is 1.53. The van der Waals surface area contributed by atoms with Gasteiger partial charge in [0.25, 0.3) is 5.91 Å². The van der Waals surface area contributed by atoms with Crippen LogP contribution in [0.4, 0.5) is 4.39 Å². The van der Waals surface area contributed by atoms with Gasteiger partial charge in [0.1, 0.15) is 11.6 Å². The molecular weight excluding hydrogens is 553 g/mol. The van der Waals surface area contributed by atoms with E-state index in [1.165, 1.54) is 37.6 Å². The smallest absolute Gasteiger partial charge is 0.252 e. The molecule has 0 radical (unpaired) electrons. The van der Waals surface area contributed by atoms with E-state index in [2.05, 4.69) is 25.5 Å². The number of amides is 1. The highest BCUT2D eigenvalue weighted by atomic mass is 19.1. The normalized spacial score (nSPS) is 16.6. The first-order valence-electron chi connectivity index (χ1n) is 15.5. The van der Waals surface area contributed by atoms with Crippen LogP contribution < -0.4 is 5.32 Å². The Bertz CT molecular complexity index is 1960. The van der Waals surface area contributed by atoms with Crippen molar-refractivity contribution in [1.29, 1.82) is 0 Å². The van der Waals surface area contributed by atoms with Crippen molar-refractivity contribution in [2.24, 2.45) is 14.1 Å². The molecule has 1 N–H and O–H groups in total. The van der Waals surface area contributed by atoms with Gasteiger partial charge in [0.15, 0.2) is 5.78 Å². The van der Waals surface area contributed by atoms with Crippen molar-refractivity contribution in [2.75, 3.05) is 0 Å². The van der Waals surface area contributed by atoms with E-state index in [4.69, 9.17) is 4.98 Å². The van der Waals surface area contributed by atoms with E-state index in [1.807, 2.05) is 50.5 Å². The van der Waals surface area contributed by atoms with Gasteiger partial charge in [-0.15, -0.1) is 0 Å². The molecule has 5 aromatic rings. The molecule has 0 bridgehead atoms. The number of imidazole rings is 1. The van der Waals surface area contributed by atoms with Gasteiger partial charge in [0.2, 0.25) is 0 Å². The van der Waals surface area contributed by atoms with E-state index < -0.39 is 5.54 Å². The van der Waals surface area contributed by atoms with Crippen LogP contribution in [-0.2, 0) is 24.4 Å². The summed E-state index contributed by atoms with van der Waals surface area (Å²) in [5.41, 5.74) is 6.74. The van der Waals surface area contributed by atoms with Gasteiger partial charge in [-0.2, -0.15) is 0 Å². The number of halogens is 1. The molecule has 7 nitrogen and oxygen atoms in total. The van der Waals surface area contributed by atoms with Gasteiger partial charge >= 0.3 is 0 Å². The number of hydrogen-bond acceptors (Lipinski definition) is 4. The van der Waals surface area contributed by atoms with E-state index in [9.17, 15) is 14.0 Å². The monoisotopic (exact) mass is 589 g/mol. The zero-order valence-electron chi connectivity index (χ0n) is 25.4. The quantitative estimate of drug-likeness (QED) is 0.202.